The van der Waals surface area contributed by atoms with Crippen LogP contribution in [0.5, 0.6) is 0 Å². The van der Waals surface area contributed by atoms with E-state index in [1.54, 1.807) is 0 Å². The van der Waals surface area contributed by atoms with Crippen LogP contribution in [0.25, 0.3) is 10.8 Å². The Balaban J connectivity index is 1.28. The van der Waals surface area contributed by atoms with Gasteiger partial charge in [0.2, 0.25) is 0 Å². The number of guanidine groups is 1. The summed E-state index contributed by atoms with van der Waals surface area (Å²) in [5, 5.41) is 9.79. The summed E-state index contributed by atoms with van der Waals surface area (Å²) < 4.78 is 0. The van der Waals surface area contributed by atoms with Gasteiger partial charge in [0.1, 0.15) is 0 Å². The first kappa shape index (κ1) is 19.3. The Morgan fingerprint density at radius 2 is 1.71 bits per heavy atom. The fourth-order valence-corrected chi connectivity index (χ4v) is 4.87. The molecule has 1 saturated heterocycles. The van der Waals surface area contributed by atoms with E-state index in [4.69, 9.17) is 0 Å². The van der Waals surface area contributed by atoms with E-state index in [9.17, 15) is 0 Å². The SMILES string of the molecule is CN=C(NCc1cccc2ccccc12)NC1CCN(C2CCCCC2)CC1. The maximum atomic E-state index is 4.47. The molecule has 4 heteroatoms. The lowest BCUT2D eigenvalue weighted by Gasteiger charge is -2.39. The number of fused-ring (bicyclic) bond motifs is 1. The van der Waals surface area contributed by atoms with Gasteiger partial charge in [-0.15, -0.1) is 0 Å². The van der Waals surface area contributed by atoms with Crippen molar-refractivity contribution in [2.75, 3.05) is 20.1 Å². The first-order chi connectivity index (χ1) is 13.8. The van der Waals surface area contributed by atoms with E-state index in [2.05, 4.69) is 63.0 Å². The standard InChI is InChI=1S/C24H34N4/c1-25-24(26-18-20-10-7-9-19-8-5-6-13-23(19)20)27-21-14-16-28(17-15-21)22-11-3-2-4-12-22/h5-10,13,21-22H,2-4,11-12,14-18H2,1H3,(H2,25,26,27). The number of nitrogens with one attached hydrogen (secondary N) is 2. The van der Waals surface area contributed by atoms with E-state index in [1.807, 2.05) is 7.05 Å². The van der Waals surface area contributed by atoms with E-state index in [0.717, 1.165) is 18.5 Å². The zero-order valence-corrected chi connectivity index (χ0v) is 17.2. The Labute approximate surface area is 169 Å². The number of aliphatic imine (C=N–C) groups is 1. The van der Waals surface area contributed by atoms with Crippen LogP contribution < -0.4 is 10.6 Å². The highest BCUT2D eigenvalue weighted by Crippen LogP contribution is 2.25. The molecule has 2 N–H and O–H groups in total. The maximum absolute atomic E-state index is 4.47. The van der Waals surface area contributed by atoms with Gasteiger partial charge in [-0.2, -0.15) is 0 Å². The second kappa shape index (κ2) is 9.42. The normalized spacial score (nSPS) is 20.4. The number of rotatable bonds is 4. The minimum absolute atomic E-state index is 0.526. The van der Waals surface area contributed by atoms with Gasteiger partial charge >= 0.3 is 0 Å². The topological polar surface area (TPSA) is 39.7 Å². The minimum Gasteiger partial charge on any atom is -0.354 e. The van der Waals surface area contributed by atoms with Crippen LogP contribution in [0, 0.1) is 0 Å². The molecule has 28 heavy (non-hydrogen) atoms. The highest BCUT2D eigenvalue weighted by molar-refractivity contribution is 5.86. The smallest absolute Gasteiger partial charge is 0.191 e. The van der Waals surface area contributed by atoms with Gasteiger partial charge in [-0.25, -0.2) is 0 Å². The van der Waals surface area contributed by atoms with Crippen molar-refractivity contribution in [3.63, 3.8) is 0 Å². The van der Waals surface area contributed by atoms with E-state index in [0.29, 0.717) is 6.04 Å². The van der Waals surface area contributed by atoms with Crippen LogP contribution in [0.3, 0.4) is 0 Å². The third-order valence-corrected chi connectivity index (χ3v) is 6.51. The summed E-state index contributed by atoms with van der Waals surface area (Å²) in [5.74, 6) is 0.920. The Morgan fingerprint density at radius 1 is 0.964 bits per heavy atom. The third-order valence-electron chi connectivity index (χ3n) is 6.51. The van der Waals surface area contributed by atoms with Crippen LogP contribution in [0.4, 0.5) is 0 Å². The zero-order valence-electron chi connectivity index (χ0n) is 17.2. The average Bonchev–Trinajstić information content (AvgIpc) is 2.77. The summed E-state index contributed by atoms with van der Waals surface area (Å²) in [5.41, 5.74) is 1.31. The molecule has 2 fully saturated rings. The average molecular weight is 379 g/mol. The highest BCUT2D eigenvalue weighted by Gasteiger charge is 2.26. The molecule has 1 saturated carbocycles. The molecular weight excluding hydrogens is 344 g/mol. The first-order valence-corrected chi connectivity index (χ1v) is 11.0. The van der Waals surface area contributed by atoms with Crippen molar-refractivity contribution < 1.29 is 0 Å². The van der Waals surface area contributed by atoms with Crippen molar-refractivity contribution in [2.24, 2.45) is 4.99 Å². The van der Waals surface area contributed by atoms with Gasteiger partial charge < -0.3 is 15.5 Å². The molecule has 1 aliphatic heterocycles. The molecule has 2 aromatic carbocycles. The molecule has 2 aromatic rings. The molecule has 0 bridgehead atoms. The lowest BCUT2D eigenvalue weighted by Crippen LogP contribution is -2.50. The number of nitrogens with zero attached hydrogens (tertiary/aromatic N) is 2. The van der Waals surface area contributed by atoms with Crippen molar-refractivity contribution in [1.82, 2.24) is 15.5 Å². The Kier molecular flexibility index (Phi) is 6.48. The van der Waals surface area contributed by atoms with Gasteiger partial charge in [-0.05, 0) is 42.0 Å². The Bertz CT molecular complexity index is 781. The van der Waals surface area contributed by atoms with Crippen LogP contribution in [-0.2, 0) is 6.54 Å². The van der Waals surface area contributed by atoms with Gasteiger partial charge in [-0.1, -0.05) is 61.7 Å². The largest absolute Gasteiger partial charge is 0.354 e. The zero-order chi connectivity index (χ0) is 19.2. The van der Waals surface area contributed by atoms with Gasteiger partial charge in [0.15, 0.2) is 5.96 Å². The molecular formula is C24H34N4. The van der Waals surface area contributed by atoms with E-state index in [1.165, 1.54) is 74.4 Å². The summed E-state index contributed by atoms with van der Waals surface area (Å²) in [6.07, 6.45) is 9.53. The van der Waals surface area contributed by atoms with Crippen molar-refractivity contribution in [2.45, 2.75) is 63.6 Å². The number of hydrogen-bond donors (Lipinski definition) is 2. The first-order valence-electron chi connectivity index (χ1n) is 11.0. The van der Waals surface area contributed by atoms with Crippen molar-refractivity contribution >= 4 is 16.7 Å². The lowest BCUT2D eigenvalue weighted by molar-refractivity contribution is 0.119. The molecule has 0 atom stereocenters. The molecule has 0 spiro atoms. The molecule has 0 aromatic heterocycles. The molecule has 4 nitrogen and oxygen atoms in total. The van der Waals surface area contributed by atoms with Crippen molar-refractivity contribution in [3.8, 4) is 0 Å². The Hall–Kier alpha value is -2.07. The molecule has 150 valence electrons. The second-order valence-electron chi connectivity index (χ2n) is 8.31. The molecule has 0 amide bonds. The predicted octanol–water partition coefficient (Wildman–Crippen LogP) is 4.30. The monoisotopic (exact) mass is 378 g/mol. The van der Waals surface area contributed by atoms with E-state index in [-0.39, 0.29) is 0 Å². The van der Waals surface area contributed by atoms with Crippen molar-refractivity contribution in [3.05, 3.63) is 48.0 Å². The minimum atomic E-state index is 0.526. The lowest BCUT2D eigenvalue weighted by atomic mass is 9.92. The van der Waals surface area contributed by atoms with Crippen LogP contribution in [0.2, 0.25) is 0 Å². The summed E-state index contributed by atoms with van der Waals surface area (Å²) in [7, 11) is 1.87. The molecule has 0 unspecified atom stereocenters. The molecule has 0 radical (unpaired) electrons. The van der Waals surface area contributed by atoms with E-state index < -0.39 is 0 Å². The fraction of sp³-hybridized carbons (Fsp3) is 0.542. The van der Waals surface area contributed by atoms with Gasteiger partial charge in [0.05, 0.1) is 0 Å². The van der Waals surface area contributed by atoms with Gasteiger partial charge in [-0.3, -0.25) is 4.99 Å². The third kappa shape index (κ3) is 4.67. The number of piperidine rings is 1. The van der Waals surface area contributed by atoms with Crippen LogP contribution >= 0.6 is 0 Å². The summed E-state index contributed by atoms with van der Waals surface area (Å²) >= 11 is 0. The summed E-state index contributed by atoms with van der Waals surface area (Å²) in [4.78, 5) is 7.21. The fourth-order valence-electron chi connectivity index (χ4n) is 4.87. The predicted molar refractivity (Wildman–Crippen MR) is 119 cm³/mol. The molecule has 1 heterocycles. The molecule has 1 aliphatic carbocycles. The van der Waals surface area contributed by atoms with Crippen LogP contribution in [-0.4, -0.2) is 43.1 Å². The number of likely N-dealkylation sites (tertiary alicyclic amines) is 1. The Morgan fingerprint density at radius 3 is 2.50 bits per heavy atom. The van der Waals surface area contributed by atoms with Gasteiger partial charge in [0.25, 0.3) is 0 Å². The van der Waals surface area contributed by atoms with Crippen LogP contribution in [0.15, 0.2) is 47.5 Å². The number of hydrogen-bond acceptors (Lipinski definition) is 2. The summed E-state index contributed by atoms with van der Waals surface area (Å²) in [6.45, 7) is 3.24. The van der Waals surface area contributed by atoms with Gasteiger partial charge in [0, 0.05) is 38.8 Å². The molecule has 4 rings (SSSR count). The number of benzene rings is 2. The highest BCUT2D eigenvalue weighted by atomic mass is 15.2. The van der Waals surface area contributed by atoms with E-state index >= 15 is 0 Å². The quantitative estimate of drug-likeness (QED) is 0.615. The second-order valence-corrected chi connectivity index (χ2v) is 8.31. The van der Waals surface area contributed by atoms with Crippen molar-refractivity contribution in [1.29, 1.82) is 0 Å². The maximum Gasteiger partial charge on any atom is 0.191 e. The summed E-state index contributed by atoms with van der Waals surface area (Å²) in [6, 6.07) is 16.5. The van der Waals surface area contributed by atoms with Crippen LogP contribution in [0.1, 0.15) is 50.5 Å². The molecule has 2 aliphatic rings.